The van der Waals surface area contributed by atoms with Crippen molar-refractivity contribution in [3.8, 4) is 0 Å². The molecule has 19 nitrogen and oxygen atoms in total. The van der Waals surface area contributed by atoms with E-state index in [0.29, 0.717) is 6.42 Å². The minimum Gasteiger partial charge on any atom is -0.394 e. The molecular formula is C80H147NO18. The van der Waals surface area contributed by atoms with Crippen molar-refractivity contribution >= 4 is 5.91 Å². The Bertz CT molecular complexity index is 1980. The van der Waals surface area contributed by atoms with Crippen molar-refractivity contribution in [2.75, 3.05) is 26.4 Å². The molecule has 12 N–H and O–H groups in total. The minimum atomic E-state index is -1.98. The SMILES string of the molecule is CCCCCCC/C=C\C/C=C\C/C=C\CCCCCCCCC(=O)NC(COC1OC(CO)C(OC2OC(CO)C(OC3OC(CO)C(O)C(O)C3O)C(O)C2O)C(O)C1O)C(O)/C=C/CCCCCCCCCCCCCCCCCCCCCCCCCCCCCCCCC. The van der Waals surface area contributed by atoms with Crippen LogP contribution in [0.15, 0.2) is 48.6 Å². The molecule has 3 heterocycles. The Morgan fingerprint density at radius 1 is 0.364 bits per heavy atom. The van der Waals surface area contributed by atoms with Crippen molar-refractivity contribution in [3.05, 3.63) is 48.6 Å². The highest BCUT2D eigenvalue weighted by Crippen LogP contribution is 2.33. The molecule has 3 saturated heterocycles. The maximum atomic E-state index is 13.5. The van der Waals surface area contributed by atoms with E-state index < -0.39 is 124 Å². The summed E-state index contributed by atoms with van der Waals surface area (Å²) in [5, 5.41) is 121. The molecule has 0 bridgehead atoms. The first-order chi connectivity index (χ1) is 48.3. The first-order valence-electron chi connectivity index (χ1n) is 40.4. The van der Waals surface area contributed by atoms with Crippen LogP contribution < -0.4 is 5.32 Å². The fourth-order valence-corrected chi connectivity index (χ4v) is 13.6. The van der Waals surface area contributed by atoms with E-state index >= 15 is 0 Å². The Hall–Kier alpha value is -2.25. The van der Waals surface area contributed by atoms with Gasteiger partial charge >= 0.3 is 0 Å². The van der Waals surface area contributed by atoms with Gasteiger partial charge in [0.1, 0.15) is 73.2 Å². The van der Waals surface area contributed by atoms with Crippen LogP contribution in [0.25, 0.3) is 0 Å². The molecule has 1 amide bonds. The van der Waals surface area contributed by atoms with Gasteiger partial charge < -0.3 is 89.9 Å². The standard InChI is InChI=1S/C80H147NO18/c1-3-5-7-9-11-13-15-17-19-21-23-25-26-27-28-29-30-31-32-33-34-35-36-38-39-41-43-45-47-49-51-53-55-57-64(85)63(81-68(86)58-56-54-52-50-48-46-44-42-40-37-24-22-20-18-16-14-12-10-8-6-4-2)62-94-78-74(92)71(89)76(66(60-83)96-78)99-80-75(93)72(90)77(67(61-84)97-80)98-79-73(91)70(88)69(87)65(59-82)95-79/h16,18,22,24,40,42,55,57,63-67,69-80,82-85,87-93H,3-15,17,19-21,23,25-39,41,43-54,56,58-62H2,1-2H3,(H,81,86)/b18-16-,24-22-,42-40-,57-55+. The lowest BCUT2D eigenvalue weighted by atomic mass is 9.96. The number of hydrogen-bond acceptors (Lipinski definition) is 18. The third-order valence-corrected chi connectivity index (χ3v) is 20.1. The van der Waals surface area contributed by atoms with Gasteiger partial charge in [0.25, 0.3) is 0 Å². The van der Waals surface area contributed by atoms with Crippen molar-refractivity contribution in [2.24, 2.45) is 0 Å². The second-order valence-electron chi connectivity index (χ2n) is 28.9. The number of allylic oxidation sites excluding steroid dienone is 7. The summed E-state index contributed by atoms with van der Waals surface area (Å²) in [6.07, 6.45) is 49.6. The van der Waals surface area contributed by atoms with E-state index in [1.807, 2.05) is 6.08 Å². The fourth-order valence-electron chi connectivity index (χ4n) is 13.6. The average molecular weight is 1410 g/mol. The van der Waals surface area contributed by atoms with E-state index in [9.17, 15) is 61.0 Å². The van der Waals surface area contributed by atoms with Gasteiger partial charge in [-0.2, -0.15) is 0 Å². The number of amides is 1. The van der Waals surface area contributed by atoms with E-state index in [2.05, 4.69) is 55.6 Å². The van der Waals surface area contributed by atoms with Gasteiger partial charge in [-0.05, 0) is 57.8 Å². The summed E-state index contributed by atoms with van der Waals surface area (Å²) >= 11 is 0. The van der Waals surface area contributed by atoms with Gasteiger partial charge in [0.05, 0.1) is 38.6 Å². The molecule has 3 aliphatic heterocycles. The molecule has 17 atom stereocenters. The van der Waals surface area contributed by atoms with Crippen molar-refractivity contribution in [2.45, 2.75) is 426 Å². The Labute approximate surface area is 599 Å². The number of unbranched alkanes of at least 4 members (excludes halogenated alkanes) is 42. The zero-order valence-corrected chi connectivity index (χ0v) is 62.0. The van der Waals surface area contributed by atoms with E-state index in [1.54, 1.807) is 6.08 Å². The van der Waals surface area contributed by atoms with Gasteiger partial charge in [0, 0.05) is 6.42 Å². The average Bonchev–Trinajstić information content (AvgIpc) is 0.784. The summed E-state index contributed by atoms with van der Waals surface area (Å²) in [4.78, 5) is 13.5. The first-order valence-corrected chi connectivity index (χ1v) is 40.4. The molecule has 0 aliphatic carbocycles. The molecule has 3 aliphatic rings. The van der Waals surface area contributed by atoms with Crippen molar-refractivity contribution < 1.29 is 89.4 Å². The Balaban J connectivity index is 1.37. The van der Waals surface area contributed by atoms with Crippen molar-refractivity contribution in [1.82, 2.24) is 5.32 Å². The number of aliphatic hydroxyl groups excluding tert-OH is 11. The highest BCUT2D eigenvalue weighted by atomic mass is 16.8. The largest absolute Gasteiger partial charge is 0.394 e. The molecule has 0 aromatic heterocycles. The van der Waals surface area contributed by atoms with Crippen LogP contribution in [0.5, 0.6) is 0 Å². The molecule has 17 unspecified atom stereocenters. The quantitative estimate of drug-likeness (QED) is 0.0199. The molecule has 3 fully saturated rings. The molecule has 99 heavy (non-hydrogen) atoms. The topological polar surface area (TPSA) is 307 Å². The molecule has 0 aromatic rings. The summed E-state index contributed by atoms with van der Waals surface area (Å²) in [7, 11) is 0. The molecule has 0 radical (unpaired) electrons. The van der Waals surface area contributed by atoms with Crippen LogP contribution in [0.2, 0.25) is 0 Å². The second-order valence-corrected chi connectivity index (χ2v) is 28.9. The maximum Gasteiger partial charge on any atom is 0.220 e. The number of aliphatic hydroxyl groups is 11. The Kier molecular flexibility index (Phi) is 56.0. The number of hydrogen-bond donors (Lipinski definition) is 12. The van der Waals surface area contributed by atoms with Gasteiger partial charge in [-0.1, -0.05) is 306 Å². The lowest BCUT2D eigenvalue weighted by Gasteiger charge is -2.48. The maximum absolute atomic E-state index is 13.5. The molecule has 3 rings (SSSR count). The molecular weight excluding hydrogens is 1260 g/mol. The molecule has 19 heteroatoms. The predicted octanol–water partition coefficient (Wildman–Crippen LogP) is 13.3. The number of nitrogens with one attached hydrogen (secondary N) is 1. The van der Waals surface area contributed by atoms with E-state index in [-0.39, 0.29) is 18.9 Å². The van der Waals surface area contributed by atoms with Gasteiger partial charge in [-0.15, -0.1) is 0 Å². The van der Waals surface area contributed by atoms with E-state index in [1.165, 1.54) is 218 Å². The van der Waals surface area contributed by atoms with Crippen molar-refractivity contribution in [3.63, 3.8) is 0 Å². The zero-order valence-electron chi connectivity index (χ0n) is 62.0. The zero-order chi connectivity index (χ0) is 71.8. The lowest BCUT2D eigenvalue weighted by Crippen LogP contribution is -2.66. The summed E-state index contributed by atoms with van der Waals surface area (Å²) in [6, 6.07) is -0.984. The molecule has 580 valence electrons. The van der Waals surface area contributed by atoms with E-state index in [0.717, 1.165) is 77.0 Å². The Morgan fingerprint density at radius 3 is 1.04 bits per heavy atom. The van der Waals surface area contributed by atoms with Gasteiger partial charge in [-0.25, -0.2) is 0 Å². The number of carbonyl (C=O) groups excluding carboxylic acids is 1. The smallest absolute Gasteiger partial charge is 0.220 e. The number of carbonyl (C=O) groups is 1. The van der Waals surface area contributed by atoms with Crippen LogP contribution >= 0.6 is 0 Å². The van der Waals surface area contributed by atoms with Crippen molar-refractivity contribution in [1.29, 1.82) is 0 Å². The van der Waals surface area contributed by atoms with Crippen LogP contribution in [0, 0.1) is 0 Å². The predicted molar refractivity (Wildman–Crippen MR) is 392 cm³/mol. The Morgan fingerprint density at radius 2 is 0.667 bits per heavy atom. The van der Waals surface area contributed by atoms with Crippen LogP contribution in [-0.4, -0.2) is 193 Å². The summed E-state index contributed by atoms with van der Waals surface area (Å²) < 4.78 is 34.4. The van der Waals surface area contributed by atoms with E-state index in [4.69, 9.17) is 28.4 Å². The highest BCUT2D eigenvalue weighted by Gasteiger charge is 2.54. The molecule has 0 aromatic carbocycles. The minimum absolute atomic E-state index is 0.228. The van der Waals surface area contributed by atoms with Gasteiger partial charge in [0.15, 0.2) is 18.9 Å². The normalized spacial score (nSPS) is 26.8. The molecule has 0 spiro atoms. The monoisotopic (exact) mass is 1410 g/mol. The highest BCUT2D eigenvalue weighted by molar-refractivity contribution is 5.76. The first kappa shape index (κ1) is 91.0. The second kappa shape index (κ2) is 61.0. The van der Waals surface area contributed by atoms with Crippen LogP contribution in [0.4, 0.5) is 0 Å². The third kappa shape index (κ3) is 41.3. The van der Waals surface area contributed by atoms with Crippen LogP contribution in [-0.2, 0) is 33.2 Å². The third-order valence-electron chi connectivity index (χ3n) is 20.1. The van der Waals surface area contributed by atoms with Crippen LogP contribution in [0.1, 0.15) is 322 Å². The summed E-state index contributed by atoms with van der Waals surface area (Å²) in [6.45, 7) is 1.75. The van der Waals surface area contributed by atoms with Gasteiger partial charge in [0.2, 0.25) is 5.91 Å². The number of rotatable bonds is 64. The van der Waals surface area contributed by atoms with Crippen LogP contribution in [0.3, 0.4) is 0 Å². The molecule has 0 saturated carbocycles. The summed E-state index contributed by atoms with van der Waals surface area (Å²) in [5.74, 6) is -0.285. The fraction of sp³-hybridized carbons (Fsp3) is 0.887. The lowest BCUT2D eigenvalue weighted by molar-refractivity contribution is -0.379. The van der Waals surface area contributed by atoms with Gasteiger partial charge in [-0.3, -0.25) is 4.79 Å². The summed E-state index contributed by atoms with van der Waals surface area (Å²) in [5.41, 5.74) is 0. The number of ether oxygens (including phenoxy) is 6.